The second kappa shape index (κ2) is 6.51. The van der Waals surface area contributed by atoms with Crippen molar-refractivity contribution in [2.24, 2.45) is 11.8 Å². The lowest BCUT2D eigenvalue weighted by molar-refractivity contribution is 0.358. The molecule has 1 aromatic carbocycles. The predicted octanol–water partition coefficient (Wildman–Crippen LogP) is 4.61. The van der Waals surface area contributed by atoms with Crippen LogP contribution in [0.15, 0.2) is 18.2 Å². The van der Waals surface area contributed by atoms with Crippen LogP contribution in [0, 0.1) is 24.6 Å². The number of aryl methyl sites for hydroxylation is 1. The number of rotatable bonds is 5. The van der Waals surface area contributed by atoms with E-state index in [1.54, 1.807) is 12.1 Å². The summed E-state index contributed by atoms with van der Waals surface area (Å²) in [6, 6.07) is 5.63. The number of hydrogen-bond donors (Lipinski definition) is 1. The number of nitrogens with one attached hydrogen (secondary N) is 1. The molecule has 2 heteroatoms. The van der Waals surface area contributed by atoms with Crippen LogP contribution in [0.3, 0.4) is 0 Å². The van der Waals surface area contributed by atoms with Gasteiger partial charge in [0.2, 0.25) is 0 Å². The van der Waals surface area contributed by atoms with Gasteiger partial charge in [-0.15, -0.1) is 0 Å². The van der Waals surface area contributed by atoms with E-state index in [-0.39, 0.29) is 5.82 Å². The summed E-state index contributed by atoms with van der Waals surface area (Å²) in [5, 5.41) is 3.69. The molecule has 1 nitrogen and oxygen atoms in total. The summed E-state index contributed by atoms with van der Waals surface area (Å²) >= 11 is 0. The van der Waals surface area contributed by atoms with Gasteiger partial charge in [-0.2, -0.15) is 0 Å². The first-order chi connectivity index (χ1) is 9.11. The fourth-order valence-corrected chi connectivity index (χ4v) is 3.37. The maximum atomic E-state index is 13.3. The fraction of sp³-hybridized carbons (Fsp3) is 0.647. The monoisotopic (exact) mass is 263 g/mol. The Bertz CT molecular complexity index is 416. The maximum absolute atomic E-state index is 13.3. The molecule has 1 aliphatic rings. The third-order valence-electron chi connectivity index (χ3n) is 4.39. The Balaban J connectivity index is 2.21. The minimum absolute atomic E-state index is 0.129. The van der Waals surface area contributed by atoms with Gasteiger partial charge in [0, 0.05) is 6.04 Å². The highest BCUT2D eigenvalue weighted by Crippen LogP contribution is 2.39. The van der Waals surface area contributed by atoms with Crippen LogP contribution >= 0.6 is 0 Å². The van der Waals surface area contributed by atoms with E-state index in [9.17, 15) is 4.39 Å². The molecule has 1 aliphatic carbocycles. The van der Waals surface area contributed by atoms with Crippen molar-refractivity contribution in [3.8, 4) is 0 Å². The molecule has 3 unspecified atom stereocenters. The predicted molar refractivity (Wildman–Crippen MR) is 78.7 cm³/mol. The molecule has 0 aliphatic heterocycles. The molecule has 0 spiro atoms. The summed E-state index contributed by atoms with van der Waals surface area (Å²) in [5.41, 5.74) is 2.36. The molecule has 2 rings (SSSR count). The van der Waals surface area contributed by atoms with E-state index in [0.717, 1.165) is 24.4 Å². The highest BCUT2D eigenvalue weighted by atomic mass is 19.1. The fourth-order valence-electron chi connectivity index (χ4n) is 3.37. The van der Waals surface area contributed by atoms with Gasteiger partial charge in [0.15, 0.2) is 0 Å². The van der Waals surface area contributed by atoms with Crippen LogP contribution in [-0.2, 0) is 0 Å². The van der Waals surface area contributed by atoms with Crippen molar-refractivity contribution in [2.45, 2.75) is 52.5 Å². The van der Waals surface area contributed by atoms with Gasteiger partial charge in [-0.25, -0.2) is 4.39 Å². The molecule has 106 valence electrons. The third kappa shape index (κ3) is 3.56. The van der Waals surface area contributed by atoms with Gasteiger partial charge in [-0.05, 0) is 67.8 Å². The van der Waals surface area contributed by atoms with Crippen molar-refractivity contribution < 1.29 is 4.39 Å². The van der Waals surface area contributed by atoms with Crippen molar-refractivity contribution in [3.05, 3.63) is 35.1 Å². The molecule has 19 heavy (non-hydrogen) atoms. The zero-order chi connectivity index (χ0) is 13.8. The molecule has 1 saturated carbocycles. The summed E-state index contributed by atoms with van der Waals surface area (Å²) in [6.45, 7) is 7.59. The number of halogens is 1. The molecule has 0 saturated heterocycles. The summed E-state index contributed by atoms with van der Waals surface area (Å²) < 4.78 is 13.3. The second-order valence-corrected chi connectivity index (χ2v) is 6.11. The van der Waals surface area contributed by atoms with Crippen LogP contribution in [0.2, 0.25) is 0 Å². The largest absolute Gasteiger partial charge is 0.310 e. The normalized spacial score (nSPS) is 24.6. The van der Waals surface area contributed by atoms with Gasteiger partial charge in [0.05, 0.1) is 0 Å². The average Bonchev–Trinajstić information content (AvgIpc) is 2.78. The van der Waals surface area contributed by atoms with Crippen molar-refractivity contribution in [2.75, 3.05) is 6.54 Å². The highest BCUT2D eigenvalue weighted by molar-refractivity contribution is 5.30. The van der Waals surface area contributed by atoms with Crippen LogP contribution in [0.1, 0.15) is 56.7 Å². The Labute approximate surface area is 116 Å². The average molecular weight is 263 g/mol. The van der Waals surface area contributed by atoms with E-state index in [0.29, 0.717) is 12.0 Å². The quantitative estimate of drug-likeness (QED) is 0.818. The van der Waals surface area contributed by atoms with Gasteiger partial charge >= 0.3 is 0 Å². The lowest BCUT2D eigenvalue weighted by atomic mass is 9.88. The Hall–Kier alpha value is -0.890. The molecule has 0 bridgehead atoms. The molecule has 0 heterocycles. The van der Waals surface area contributed by atoms with E-state index in [1.807, 2.05) is 13.0 Å². The molecular weight excluding hydrogens is 237 g/mol. The minimum atomic E-state index is -0.129. The number of hydrogen-bond acceptors (Lipinski definition) is 1. The first-order valence-electron chi connectivity index (χ1n) is 7.61. The van der Waals surface area contributed by atoms with Crippen LogP contribution in [0.25, 0.3) is 0 Å². The van der Waals surface area contributed by atoms with E-state index >= 15 is 0 Å². The molecule has 3 atom stereocenters. The van der Waals surface area contributed by atoms with Gasteiger partial charge in [-0.3, -0.25) is 0 Å². The maximum Gasteiger partial charge on any atom is 0.123 e. The Morgan fingerprint density at radius 3 is 2.74 bits per heavy atom. The number of benzene rings is 1. The standard InChI is InChI=1S/C17H26FN/c1-4-9-19-17(14-6-5-12(2)10-14)16-8-7-15(18)11-13(16)3/h7-8,11-12,14,17,19H,4-6,9-10H2,1-3H3. The SMILES string of the molecule is CCCNC(c1ccc(F)cc1C)C1CCC(C)C1. The molecule has 0 amide bonds. The summed E-state index contributed by atoms with van der Waals surface area (Å²) in [7, 11) is 0. The van der Waals surface area contributed by atoms with Crippen molar-refractivity contribution in [1.29, 1.82) is 0 Å². The van der Waals surface area contributed by atoms with Gasteiger partial charge in [0.25, 0.3) is 0 Å². The molecule has 0 aromatic heterocycles. The van der Waals surface area contributed by atoms with Crippen LogP contribution in [0.5, 0.6) is 0 Å². The van der Waals surface area contributed by atoms with Gasteiger partial charge < -0.3 is 5.32 Å². The second-order valence-electron chi connectivity index (χ2n) is 6.11. The third-order valence-corrected chi connectivity index (χ3v) is 4.39. The lowest BCUT2D eigenvalue weighted by Gasteiger charge is -2.27. The van der Waals surface area contributed by atoms with Gasteiger partial charge in [0.1, 0.15) is 5.82 Å². The highest BCUT2D eigenvalue weighted by Gasteiger charge is 2.30. The van der Waals surface area contributed by atoms with Crippen LogP contribution in [0.4, 0.5) is 4.39 Å². The van der Waals surface area contributed by atoms with Gasteiger partial charge in [-0.1, -0.05) is 26.3 Å². The first kappa shape index (κ1) is 14.5. The van der Waals surface area contributed by atoms with Crippen molar-refractivity contribution in [3.63, 3.8) is 0 Å². The molecule has 1 aromatic rings. The molecule has 0 radical (unpaired) electrons. The first-order valence-corrected chi connectivity index (χ1v) is 7.61. The van der Waals surface area contributed by atoms with Crippen LogP contribution < -0.4 is 5.32 Å². The van der Waals surface area contributed by atoms with E-state index in [2.05, 4.69) is 19.2 Å². The van der Waals surface area contributed by atoms with E-state index in [1.165, 1.54) is 24.8 Å². The lowest BCUT2D eigenvalue weighted by Crippen LogP contribution is -2.28. The van der Waals surface area contributed by atoms with E-state index in [4.69, 9.17) is 0 Å². The molecule has 1 N–H and O–H groups in total. The minimum Gasteiger partial charge on any atom is -0.310 e. The Kier molecular flexibility index (Phi) is 4.98. The smallest absolute Gasteiger partial charge is 0.123 e. The van der Waals surface area contributed by atoms with E-state index < -0.39 is 0 Å². The Morgan fingerprint density at radius 1 is 1.37 bits per heavy atom. The van der Waals surface area contributed by atoms with Crippen LogP contribution in [-0.4, -0.2) is 6.54 Å². The Morgan fingerprint density at radius 2 is 2.16 bits per heavy atom. The summed E-state index contributed by atoms with van der Waals surface area (Å²) in [4.78, 5) is 0. The topological polar surface area (TPSA) is 12.0 Å². The van der Waals surface area contributed by atoms with Crippen molar-refractivity contribution in [1.82, 2.24) is 5.32 Å². The summed E-state index contributed by atoms with van der Waals surface area (Å²) in [6.07, 6.45) is 5.05. The molecular formula is C17H26FN. The molecule has 1 fully saturated rings. The summed E-state index contributed by atoms with van der Waals surface area (Å²) in [5.74, 6) is 1.40. The van der Waals surface area contributed by atoms with Crippen molar-refractivity contribution >= 4 is 0 Å². The zero-order valence-corrected chi connectivity index (χ0v) is 12.4. The zero-order valence-electron chi connectivity index (χ0n) is 12.4.